The Hall–Kier alpha value is -1.10. The summed E-state index contributed by atoms with van der Waals surface area (Å²) in [6.07, 6.45) is 2.04. The molecule has 0 saturated carbocycles. The first kappa shape index (κ1) is 13.9. The SMILES string of the molecule is CC1COC(CO)CN1CCc1ccc2c(c1)CCO2. The van der Waals surface area contributed by atoms with Crippen LogP contribution in [-0.4, -0.2) is 55.1 Å². The average Bonchev–Trinajstić information content (AvgIpc) is 2.94. The van der Waals surface area contributed by atoms with E-state index >= 15 is 0 Å². The third kappa shape index (κ3) is 2.97. The molecule has 4 heteroatoms. The van der Waals surface area contributed by atoms with Gasteiger partial charge in [-0.05, 0) is 30.5 Å². The van der Waals surface area contributed by atoms with Crippen molar-refractivity contribution in [3.05, 3.63) is 29.3 Å². The van der Waals surface area contributed by atoms with Gasteiger partial charge in [0.05, 0.1) is 25.9 Å². The van der Waals surface area contributed by atoms with E-state index < -0.39 is 0 Å². The van der Waals surface area contributed by atoms with Gasteiger partial charge in [0.25, 0.3) is 0 Å². The van der Waals surface area contributed by atoms with Gasteiger partial charge in [0.2, 0.25) is 0 Å². The molecule has 2 unspecified atom stereocenters. The van der Waals surface area contributed by atoms with Crippen molar-refractivity contribution in [1.29, 1.82) is 0 Å². The van der Waals surface area contributed by atoms with Crippen molar-refractivity contribution in [2.24, 2.45) is 0 Å². The molecule has 2 atom stereocenters. The van der Waals surface area contributed by atoms with Crippen molar-refractivity contribution in [2.45, 2.75) is 31.9 Å². The topological polar surface area (TPSA) is 41.9 Å². The van der Waals surface area contributed by atoms with Gasteiger partial charge >= 0.3 is 0 Å². The molecule has 0 aromatic heterocycles. The van der Waals surface area contributed by atoms with Crippen LogP contribution in [0.15, 0.2) is 18.2 Å². The van der Waals surface area contributed by atoms with E-state index in [4.69, 9.17) is 9.47 Å². The molecule has 0 spiro atoms. The Labute approximate surface area is 120 Å². The van der Waals surface area contributed by atoms with Gasteiger partial charge in [-0.3, -0.25) is 4.90 Å². The zero-order chi connectivity index (χ0) is 13.9. The molecule has 2 aliphatic rings. The van der Waals surface area contributed by atoms with Crippen LogP contribution in [0.4, 0.5) is 0 Å². The summed E-state index contributed by atoms with van der Waals surface area (Å²) in [5.74, 6) is 1.05. The van der Waals surface area contributed by atoms with E-state index in [0.717, 1.165) is 38.3 Å². The van der Waals surface area contributed by atoms with E-state index in [1.807, 2.05) is 0 Å². The first-order chi connectivity index (χ1) is 9.76. The molecule has 0 amide bonds. The summed E-state index contributed by atoms with van der Waals surface area (Å²) in [4.78, 5) is 2.41. The maximum Gasteiger partial charge on any atom is 0.122 e. The van der Waals surface area contributed by atoms with Crippen molar-refractivity contribution < 1.29 is 14.6 Å². The van der Waals surface area contributed by atoms with Crippen LogP contribution in [-0.2, 0) is 17.6 Å². The minimum Gasteiger partial charge on any atom is -0.493 e. The zero-order valence-electron chi connectivity index (χ0n) is 12.0. The normalized spacial score (nSPS) is 26.3. The number of hydrogen-bond donors (Lipinski definition) is 1. The molecule has 20 heavy (non-hydrogen) atoms. The number of fused-ring (bicyclic) bond motifs is 1. The van der Waals surface area contributed by atoms with Crippen molar-refractivity contribution in [3.63, 3.8) is 0 Å². The predicted octanol–water partition coefficient (Wildman–Crippen LogP) is 1.25. The molecule has 4 nitrogen and oxygen atoms in total. The Kier molecular flexibility index (Phi) is 4.24. The number of aliphatic hydroxyl groups is 1. The Balaban J connectivity index is 1.58. The molecule has 1 N–H and O–H groups in total. The largest absolute Gasteiger partial charge is 0.493 e. The third-order valence-electron chi connectivity index (χ3n) is 4.28. The summed E-state index contributed by atoms with van der Waals surface area (Å²) >= 11 is 0. The summed E-state index contributed by atoms with van der Waals surface area (Å²) in [5, 5.41) is 9.22. The molecular weight excluding hydrogens is 254 g/mol. The second-order valence-electron chi connectivity index (χ2n) is 5.77. The lowest BCUT2D eigenvalue weighted by molar-refractivity contribution is -0.0773. The van der Waals surface area contributed by atoms with E-state index in [0.29, 0.717) is 12.6 Å². The molecule has 0 bridgehead atoms. The zero-order valence-corrected chi connectivity index (χ0v) is 12.0. The smallest absolute Gasteiger partial charge is 0.122 e. The quantitative estimate of drug-likeness (QED) is 0.899. The lowest BCUT2D eigenvalue weighted by Gasteiger charge is -2.37. The van der Waals surface area contributed by atoms with E-state index in [1.54, 1.807) is 0 Å². The van der Waals surface area contributed by atoms with Gasteiger partial charge in [-0.15, -0.1) is 0 Å². The Morgan fingerprint density at radius 3 is 3.15 bits per heavy atom. The van der Waals surface area contributed by atoms with Gasteiger partial charge in [-0.25, -0.2) is 0 Å². The molecule has 1 aromatic rings. The highest BCUT2D eigenvalue weighted by atomic mass is 16.5. The lowest BCUT2D eigenvalue weighted by Crippen LogP contribution is -2.50. The highest BCUT2D eigenvalue weighted by Crippen LogP contribution is 2.26. The van der Waals surface area contributed by atoms with E-state index in [9.17, 15) is 5.11 Å². The maximum atomic E-state index is 9.22. The van der Waals surface area contributed by atoms with Crippen LogP contribution in [0.2, 0.25) is 0 Å². The Bertz CT molecular complexity index is 463. The molecule has 110 valence electrons. The van der Waals surface area contributed by atoms with Crippen LogP contribution >= 0.6 is 0 Å². The fraction of sp³-hybridized carbons (Fsp3) is 0.625. The van der Waals surface area contributed by atoms with Gasteiger partial charge in [0, 0.05) is 25.6 Å². The lowest BCUT2D eigenvalue weighted by atomic mass is 10.1. The van der Waals surface area contributed by atoms with Crippen LogP contribution in [0, 0.1) is 0 Å². The molecule has 2 heterocycles. The number of benzene rings is 1. The van der Waals surface area contributed by atoms with Gasteiger partial charge in [-0.1, -0.05) is 12.1 Å². The molecule has 1 fully saturated rings. The predicted molar refractivity (Wildman–Crippen MR) is 77.2 cm³/mol. The first-order valence-electron chi connectivity index (χ1n) is 7.47. The summed E-state index contributed by atoms with van der Waals surface area (Å²) in [5.41, 5.74) is 2.71. The molecule has 1 saturated heterocycles. The summed E-state index contributed by atoms with van der Waals surface area (Å²) in [6, 6.07) is 6.96. The van der Waals surface area contributed by atoms with Crippen molar-refractivity contribution >= 4 is 0 Å². The van der Waals surface area contributed by atoms with E-state index in [1.165, 1.54) is 11.1 Å². The maximum absolute atomic E-state index is 9.22. The van der Waals surface area contributed by atoms with Crippen LogP contribution < -0.4 is 4.74 Å². The highest BCUT2D eigenvalue weighted by Gasteiger charge is 2.25. The van der Waals surface area contributed by atoms with Crippen molar-refractivity contribution in [3.8, 4) is 5.75 Å². The highest BCUT2D eigenvalue weighted by molar-refractivity contribution is 5.39. The van der Waals surface area contributed by atoms with Gasteiger partial charge in [0.1, 0.15) is 5.75 Å². The van der Waals surface area contributed by atoms with Crippen LogP contribution in [0.1, 0.15) is 18.1 Å². The van der Waals surface area contributed by atoms with Gasteiger partial charge in [0.15, 0.2) is 0 Å². The first-order valence-corrected chi connectivity index (χ1v) is 7.47. The summed E-state index contributed by atoms with van der Waals surface area (Å²) in [7, 11) is 0. The molecule has 1 aromatic carbocycles. The Morgan fingerprint density at radius 2 is 2.30 bits per heavy atom. The Morgan fingerprint density at radius 1 is 1.40 bits per heavy atom. The summed E-state index contributed by atoms with van der Waals surface area (Å²) in [6.45, 7) is 5.66. The second kappa shape index (κ2) is 6.12. The molecule has 0 radical (unpaired) electrons. The number of morpholine rings is 1. The third-order valence-corrected chi connectivity index (χ3v) is 4.28. The standard InChI is InChI=1S/C16H23NO3/c1-12-11-20-15(10-18)9-17(12)6-4-13-2-3-16-14(8-13)5-7-19-16/h2-3,8,12,15,18H,4-7,9-11H2,1H3. The number of rotatable bonds is 4. The monoisotopic (exact) mass is 277 g/mol. The molecule has 3 rings (SSSR count). The second-order valence-corrected chi connectivity index (χ2v) is 5.77. The fourth-order valence-electron chi connectivity index (χ4n) is 2.97. The minimum atomic E-state index is -0.0281. The molecular formula is C16H23NO3. The summed E-state index contributed by atoms with van der Waals surface area (Å²) < 4.78 is 11.1. The number of hydrogen-bond acceptors (Lipinski definition) is 4. The number of nitrogens with zero attached hydrogens (tertiary/aromatic N) is 1. The van der Waals surface area contributed by atoms with Crippen LogP contribution in [0.3, 0.4) is 0 Å². The van der Waals surface area contributed by atoms with Crippen LogP contribution in [0.5, 0.6) is 5.75 Å². The van der Waals surface area contributed by atoms with Crippen LogP contribution in [0.25, 0.3) is 0 Å². The van der Waals surface area contributed by atoms with Crippen molar-refractivity contribution in [2.75, 3.05) is 32.9 Å². The molecule has 2 aliphatic heterocycles. The molecule has 0 aliphatic carbocycles. The number of aliphatic hydroxyl groups excluding tert-OH is 1. The van der Waals surface area contributed by atoms with Gasteiger partial charge in [-0.2, -0.15) is 0 Å². The van der Waals surface area contributed by atoms with Gasteiger partial charge < -0.3 is 14.6 Å². The average molecular weight is 277 g/mol. The fourth-order valence-corrected chi connectivity index (χ4v) is 2.97. The number of ether oxygens (including phenoxy) is 2. The van der Waals surface area contributed by atoms with E-state index in [2.05, 4.69) is 30.0 Å². The minimum absolute atomic E-state index is 0.0281. The van der Waals surface area contributed by atoms with Crippen molar-refractivity contribution in [1.82, 2.24) is 4.90 Å². The van der Waals surface area contributed by atoms with E-state index in [-0.39, 0.29) is 12.7 Å².